The minimum Gasteiger partial charge on any atom is -0.380 e. The second-order valence-corrected chi connectivity index (χ2v) is 7.76. The van der Waals surface area contributed by atoms with Gasteiger partial charge in [0.1, 0.15) is 0 Å². The molecule has 0 bridgehead atoms. The van der Waals surface area contributed by atoms with Crippen LogP contribution in [0.5, 0.6) is 0 Å². The molecule has 0 heterocycles. The van der Waals surface area contributed by atoms with Crippen molar-refractivity contribution in [1.29, 1.82) is 0 Å². The van der Waals surface area contributed by atoms with Crippen LogP contribution in [0.25, 0.3) is 16.3 Å². The van der Waals surface area contributed by atoms with Crippen LogP contribution < -0.4 is 5.32 Å². The van der Waals surface area contributed by atoms with E-state index >= 15 is 0 Å². The normalized spacial score (nSPS) is 13.6. The van der Waals surface area contributed by atoms with Gasteiger partial charge in [0.2, 0.25) is 0 Å². The molecular weight excluding hydrogens is 326 g/mol. The molecule has 0 amide bonds. The fraction of sp³-hybridized carbons (Fsp3) is 0.231. The largest absolute Gasteiger partial charge is 0.380 e. The van der Waals surface area contributed by atoms with Crippen LogP contribution in [0.15, 0.2) is 66.3 Å². The summed E-state index contributed by atoms with van der Waals surface area (Å²) in [5, 5.41) is 6.39. The molecule has 0 aliphatic heterocycles. The predicted molar refractivity (Wildman–Crippen MR) is 118 cm³/mol. The summed E-state index contributed by atoms with van der Waals surface area (Å²) < 4.78 is 0. The molecule has 1 aliphatic rings. The molecule has 1 aliphatic carbocycles. The minimum atomic E-state index is 0.831. The Bertz CT molecular complexity index is 1060. The molecule has 0 spiro atoms. The van der Waals surface area contributed by atoms with E-state index in [1.54, 1.807) is 0 Å². The molecule has 3 aromatic rings. The van der Waals surface area contributed by atoms with Gasteiger partial charge in [-0.15, -0.1) is 0 Å². The molecular formula is C26H27N. The molecule has 136 valence electrons. The topological polar surface area (TPSA) is 12.0 Å². The number of rotatable bonds is 4. The highest BCUT2D eigenvalue weighted by molar-refractivity contribution is 5.91. The van der Waals surface area contributed by atoms with Crippen LogP contribution in [0.4, 0.5) is 5.69 Å². The molecule has 0 aromatic heterocycles. The number of allylic oxidation sites excluding steroid dienone is 4. The van der Waals surface area contributed by atoms with Crippen LogP contribution >= 0.6 is 0 Å². The maximum absolute atomic E-state index is 3.75. The maximum atomic E-state index is 3.75. The maximum Gasteiger partial charge on any atom is 0.0413 e. The molecule has 3 aromatic carbocycles. The smallest absolute Gasteiger partial charge is 0.0413 e. The lowest BCUT2D eigenvalue weighted by atomic mass is 9.93. The number of fused-ring (bicyclic) bond motifs is 1. The van der Waals surface area contributed by atoms with Crippen molar-refractivity contribution in [3.05, 3.63) is 94.1 Å². The number of hydrogen-bond acceptors (Lipinski definition) is 1. The summed E-state index contributed by atoms with van der Waals surface area (Å²) >= 11 is 0. The molecule has 0 atom stereocenters. The van der Waals surface area contributed by atoms with Gasteiger partial charge in [0.25, 0.3) is 0 Å². The third-order valence-corrected chi connectivity index (χ3v) is 5.55. The highest BCUT2D eigenvalue weighted by Crippen LogP contribution is 2.34. The second-order valence-electron chi connectivity index (χ2n) is 7.76. The van der Waals surface area contributed by atoms with E-state index in [2.05, 4.69) is 93.7 Å². The van der Waals surface area contributed by atoms with Crippen molar-refractivity contribution in [3.63, 3.8) is 0 Å². The first-order valence-corrected chi connectivity index (χ1v) is 9.73. The lowest BCUT2D eigenvalue weighted by Crippen LogP contribution is -2.06. The van der Waals surface area contributed by atoms with Gasteiger partial charge in [-0.25, -0.2) is 0 Å². The van der Waals surface area contributed by atoms with E-state index in [4.69, 9.17) is 0 Å². The molecule has 0 unspecified atom stereocenters. The van der Waals surface area contributed by atoms with Crippen molar-refractivity contribution in [2.45, 2.75) is 40.7 Å². The Hall–Kier alpha value is -2.80. The van der Waals surface area contributed by atoms with E-state index in [0.717, 1.165) is 13.0 Å². The van der Waals surface area contributed by atoms with Crippen LogP contribution in [-0.2, 0) is 6.54 Å². The van der Waals surface area contributed by atoms with Crippen molar-refractivity contribution in [3.8, 4) is 0 Å². The number of hydrogen-bond donors (Lipinski definition) is 1. The summed E-state index contributed by atoms with van der Waals surface area (Å²) in [6.07, 6.45) is 5.67. The van der Waals surface area contributed by atoms with Gasteiger partial charge < -0.3 is 5.32 Å². The summed E-state index contributed by atoms with van der Waals surface area (Å²) in [5.41, 5.74) is 10.8. The average Bonchev–Trinajstić information content (AvgIpc) is 3.07. The van der Waals surface area contributed by atoms with Gasteiger partial charge in [0.15, 0.2) is 0 Å². The molecule has 4 rings (SSSR count). The molecule has 0 saturated heterocycles. The lowest BCUT2D eigenvalue weighted by molar-refractivity contribution is 1.13. The third kappa shape index (κ3) is 3.42. The quantitative estimate of drug-likeness (QED) is 0.527. The summed E-state index contributed by atoms with van der Waals surface area (Å²) in [6.45, 7) is 9.57. The molecule has 27 heavy (non-hydrogen) atoms. The van der Waals surface area contributed by atoms with Crippen molar-refractivity contribution in [2.75, 3.05) is 5.32 Å². The van der Waals surface area contributed by atoms with Gasteiger partial charge in [0, 0.05) is 12.2 Å². The number of aryl methyl sites for hydroxylation is 3. The number of anilines is 1. The lowest BCUT2D eigenvalue weighted by Gasteiger charge is -2.18. The van der Waals surface area contributed by atoms with Crippen LogP contribution in [0.1, 0.15) is 41.2 Å². The van der Waals surface area contributed by atoms with Crippen LogP contribution in [0, 0.1) is 20.8 Å². The first kappa shape index (κ1) is 17.6. The van der Waals surface area contributed by atoms with Crippen LogP contribution in [-0.4, -0.2) is 0 Å². The average molecular weight is 354 g/mol. The summed E-state index contributed by atoms with van der Waals surface area (Å²) in [7, 11) is 0. The highest BCUT2D eigenvalue weighted by atomic mass is 14.9. The Morgan fingerprint density at radius 3 is 2.33 bits per heavy atom. The van der Waals surface area contributed by atoms with E-state index in [0.29, 0.717) is 0 Å². The Kier molecular flexibility index (Phi) is 4.61. The van der Waals surface area contributed by atoms with Crippen molar-refractivity contribution >= 4 is 22.0 Å². The van der Waals surface area contributed by atoms with Gasteiger partial charge in [-0.05, 0) is 72.7 Å². The molecule has 1 N–H and O–H groups in total. The predicted octanol–water partition coefficient (Wildman–Crippen LogP) is 7.11. The zero-order valence-electron chi connectivity index (χ0n) is 16.7. The Morgan fingerprint density at radius 1 is 0.889 bits per heavy atom. The van der Waals surface area contributed by atoms with Gasteiger partial charge in [0.05, 0.1) is 0 Å². The van der Waals surface area contributed by atoms with Gasteiger partial charge in [-0.1, -0.05) is 71.8 Å². The molecule has 0 radical (unpaired) electrons. The van der Waals surface area contributed by atoms with E-state index in [1.165, 1.54) is 55.4 Å². The van der Waals surface area contributed by atoms with Gasteiger partial charge >= 0.3 is 0 Å². The number of benzene rings is 3. The van der Waals surface area contributed by atoms with E-state index in [1.807, 2.05) is 0 Å². The van der Waals surface area contributed by atoms with Gasteiger partial charge in [-0.3, -0.25) is 0 Å². The summed E-state index contributed by atoms with van der Waals surface area (Å²) in [5.74, 6) is 0. The fourth-order valence-corrected chi connectivity index (χ4v) is 4.31. The van der Waals surface area contributed by atoms with Crippen LogP contribution in [0.2, 0.25) is 0 Å². The summed E-state index contributed by atoms with van der Waals surface area (Å²) in [4.78, 5) is 0. The van der Waals surface area contributed by atoms with Crippen molar-refractivity contribution in [2.24, 2.45) is 0 Å². The second kappa shape index (κ2) is 7.08. The Labute approximate surface area is 162 Å². The molecule has 0 fully saturated rings. The third-order valence-electron chi connectivity index (χ3n) is 5.55. The fourth-order valence-electron chi connectivity index (χ4n) is 4.31. The zero-order chi connectivity index (χ0) is 19.0. The Morgan fingerprint density at radius 2 is 1.63 bits per heavy atom. The molecule has 1 nitrogen and oxygen atoms in total. The highest BCUT2D eigenvalue weighted by Gasteiger charge is 2.14. The summed E-state index contributed by atoms with van der Waals surface area (Å²) in [6, 6.07) is 17.8. The van der Waals surface area contributed by atoms with Gasteiger partial charge in [-0.2, -0.15) is 0 Å². The molecule has 1 heteroatoms. The van der Waals surface area contributed by atoms with Crippen molar-refractivity contribution < 1.29 is 0 Å². The SMILES string of the molecule is CC1=CCC(c2ccc3ccccc3c2CNc2c(C)cc(C)cc2C)=C1. The van der Waals surface area contributed by atoms with E-state index in [9.17, 15) is 0 Å². The van der Waals surface area contributed by atoms with E-state index < -0.39 is 0 Å². The first-order chi connectivity index (χ1) is 13.0. The minimum absolute atomic E-state index is 0.831. The van der Waals surface area contributed by atoms with Crippen LogP contribution in [0.3, 0.4) is 0 Å². The number of nitrogens with one attached hydrogen (secondary N) is 1. The van der Waals surface area contributed by atoms with E-state index in [-0.39, 0.29) is 0 Å². The first-order valence-electron chi connectivity index (χ1n) is 9.73. The zero-order valence-corrected chi connectivity index (χ0v) is 16.7. The Balaban J connectivity index is 1.77. The standard InChI is InChI=1S/C26H27N/c1-17-9-10-22(15-17)24-12-11-21-7-5-6-8-23(21)25(24)16-27-26-19(3)13-18(2)14-20(26)4/h5-9,11-15,27H,10,16H2,1-4H3. The monoisotopic (exact) mass is 353 g/mol. The molecule has 0 saturated carbocycles. The van der Waals surface area contributed by atoms with Crippen molar-refractivity contribution in [1.82, 2.24) is 0 Å².